The van der Waals surface area contributed by atoms with Crippen LogP contribution in [0.25, 0.3) is 10.2 Å². The van der Waals surface area contributed by atoms with Crippen molar-refractivity contribution in [3.8, 4) is 5.75 Å². The molecule has 2 aliphatic rings. The maximum Gasteiger partial charge on any atom is 0.323 e. The minimum Gasteiger partial charge on any atom is -0.490 e. The summed E-state index contributed by atoms with van der Waals surface area (Å²) in [4.78, 5) is 18.0. The zero-order valence-electron chi connectivity index (χ0n) is 10.1. The molecule has 0 spiro atoms. The van der Waals surface area contributed by atoms with E-state index in [1.165, 1.54) is 11.3 Å². The third kappa shape index (κ3) is 1.61. The number of nitrogens with one attached hydrogen (secondary N) is 2. The molecule has 19 heavy (non-hydrogen) atoms. The first-order chi connectivity index (χ1) is 9.33. The van der Waals surface area contributed by atoms with E-state index in [1.54, 1.807) is 4.90 Å². The first-order valence-electron chi connectivity index (χ1n) is 6.18. The summed E-state index contributed by atoms with van der Waals surface area (Å²) in [6, 6.07) is 3.88. The molecule has 0 radical (unpaired) electrons. The molecule has 7 heteroatoms. The lowest BCUT2D eigenvalue weighted by atomic mass is 10.2. The summed E-state index contributed by atoms with van der Waals surface area (Å²) in [6.45, 7) is 2.80. The molecule has 1 aromatic heterocycles. The molecule has 1 saturated heterocycles. The van der Waals surface area contributed by atoms with E-state index < -0.39 is 0 Å². The number of hydrogen-bond acceptors (Lipinski definition) is 5. The van der Waals surface area contributed by atoms with Crippen molar-refractivity contribution in [3.05, 3.63) is 12.1 Å². The van der Waals surface area contributed by atoms with Crippen LogP contribution in [0.4, 0.5) is 15.6 Å². The van der Waals surface area contributed by atoms with E-state index in [0.717, 1.165) is 33.3 Å². The van der Waals surface area contributed by atoms with Crippen molar-refractivity contribution in [2.45, 2.75) is 0 Å². The second kappa shape index (κ2) is 3.99. The number of urea groups is 1. The predicted octanol–water partition coefficient (Wildman–Crippen LogP) is 1.63. The Bertz CT molecular complexity index is 669. The monoisotopic (exact) mass is 276 g/mol. The molecule has 6 nitrogen and oxygen atoms in total. The summed E-state index contributed by atoms with van der Waals surface area (Å²) >= 11 is 1.53. The van der Waals surface area contributed by atoms with Gasteiger partial charge in [0.25, 0.3) is 0 Å². The van der Waals surface area contributed by atoms with Crippen LogP contribution >= 0.6 is 11.3 Å². The summed E-state index contributed by atoms with van der Waals surface area (Å²) in [5, 5.41) is 6.85. The maximum atomic E-state index is 11.7. The van der Waals surface area contributed by atoms with Crippen molar-refractivity contribution >= 4 is 38.4 Å². The van der Waals surface area contributed by atoms with Gasteiger partial charge in [0.05, 0.1) is 4.70 Å². The number of fused-ring (bicyclic) bond motifs is 3. The van der Waals surface area contributed by atoms with Gasteiger partial charge in [0.1, 0.15) is 23.6 Å². The van der Waals surface area contributed by atoms with Gasteiger partial charge in [-0.25, -0.2) is 9.78 Å². The van der Waals surface area contributed by atoms with Crippen molar-refractivity contribution in [2.75, 3.05) is 36.5 Å². The highest BCUT2D eigenvalue weighted by atomic mass is 32.1. The van der Waals surface area contributed by atoms with Gasteiger partial charge in [-0.2, -0.15) is 0 Å². The molecular formula is C12H12N4O2S. The van der Waals surface area contributed by atoms with Gasteiger partial charge in [-0.05, 0) is 12.1 Å². The number of carbonyl (C=O) groups is 1. The molecule has 2 amide bonds. The fraction of sp³-hybridized carbons (Fsp3) is 0.333. The van der Waals surface area contributed by atoms with Crippen LogP contribution in [0.3, 0.4) is 0 Å². The average Bonchev–Trinajstić information content (AvgIpc) is 3.04. The van der Waals surface area contributed by atoms with Gasteiger partial charge in [0.2, 0.25) is 0 Å². The Morgan fingerprint density at radius 1 is 1.32 bits per heavy atom. The topological polar surface area (TPSA) is 66.5 Å². The van der Waals surface area contributed by atoms with E-state index >= 15 is 0 Å². The number of aromatic nitrogens is 1. The minimum atomic E-state index is -0.0721. The van der Waals surface area contributed by atoms with Crippen molar-refractivity contribution in [1.29, 1.82) is 0 Å². The number of ether oxygens (including phenoxy) is 1. The SMILES string of the molecule is O=C1NCCN1c1nc2c3c(ccc2s1)OCCN3. The molecular weight excluding hydrogens is 264 g/mol. The van der Waals surface area contributed by atoms with Gasteiger partial charge in [0.15, 0.2) is 5.13 Å². The summed E-state index contributed by atoms with van der Waals surface area (Å²) in [5.74, 6) is 0.835. The maximum absolute atomic E-state index is 11.7. The van der Waals surface area contributed by atoms with Crippen LogP contribution in [0.1, 0.15) is 0 Å². The third-order valence-electron chi connectivity index (χ3n) is 3.26. The summed E-state index contributed by atoms with van der Waals surface area (Å²) in [5.41, 5.74) is 1.82. The highest BCUT2D eigenvalue weighted by Crippen LogP contribution is 2.39. The second-order valence-corrected chi connectivity index (χ2v) is 5.45. The first-order valence-corrected chi connectivity index (χ1v) is 7.00. The van der Waals surface area contributed by atoms with Gasteiger partial charge in [-0.3, -0.25) is 4.90 Å². The van der Waals surface area contributed by atoms with Crippen molar-refractivity contribution in [3.63, 3.8) is 0 Å². The Morgan fingerprint density at radius 3 is 3.11 bits per heavy atom. The summed E-state index contributed by atoms with van der Waals surface area (Å²) in [6.07, 6.45) is 0. The number of thiazole rings is 1. The average molecular weight is 276 g/mol. The van der Waals surface area contributed by atoms with Crippen LogP contribution in [0, 0.1) is 0 Å². The Labute approximate surface area is 113 Å². The van der Waals surface area contributed by atoms with Crippen LogP contribution in [0.5, 0.6) is 5.75 Å². The third-order valence-corrected chi connectivity index (χ3v) is 4.30. The van der Waals surface area contributed by atoms with Gasteiger partial charge < -0.3 is 15.4 Å². The molecule has 0 bridgehead atoms. The van der Waals surface area contributed by atoms with Crippen LogP contribution in [-0.2, 0) is 0 Å². The van der Waals surface area contributed by atoms with Gasteiger partial charge >= 0.3 is 6.03 Å². The molecule has 2 aliphatic heterocycles. The van der Waals surface area contributed by atoms with E-state index in [1.807, 2.05) is 12.1 Å². The normalized spacial score (nSPS) is 17.9. The smallest absolute Gasteiger partial charge is 0.323 e. The molecule has 0 atom stereocenters. The Balaban J connectivity index is 1.85. The summed E-state index contributed by atoms with van der Waals surface area (Å²) < 4.78 is 6.66. The zero-order chi connectivity index (χ0) is 12.8. The number of nitrogens with zero attached hydrogens (tertiary/aromatic N) is 2. The Hall–Kier alpha value is -2.02. The van der Waals surface area contributed by atoms with E-state index in [9.17, 15) is 4.79 Å². The number of benzene rings is 1. The standard InChI is InChI=1S/C12H12N4O2S/c17-11-14-3-5-16(11)12-15-10-8(19-12)2-1-7-9(10)13-4-6-18-7/h1-2,13H,3-6H2,(H,14,17). The highest BCUT2D eigenvalue weighted by molar-refractivity contribution is 7.22. The molecule has 2 N–H and O–H groups in total. The van der Waals surface area contributed by atoms with Crippen molar-refractivity contribution in [1.82, 2.24) is 10.3 Å². The van der Waals surface area contributed by atoms with Crippen LogP contribution in [-0.4, -0.2) is 37.3 Å². The fourth-order valence-corrected chi connectivity index (χ4v) is 3.36. The summed E-state index contributed by atoms with van der Waals surface area (Å²) in [7, 11) is 0. The Morgan fingerprint density at radius 2 is 2.26 bits per heavy atom. The van der Waals surface area contributed by atoms with Gasteiger partial charge in [0, 0.05) is 19.6 Å². The number of anilines is 2. The van der Waals surface area contributed by atoms with E-state index in [2.05, 4.69) is 15.6 Å². The van der Waals surface area contributed by atoms with Gasteiger partial charge in [-0.15, -0.1) is 0 Å². The lowest BCUT2D eigenvalue weighted by molar-refractivity contribution is 0.252. The zero-order valence-corrected chi connectivity index (χ0v) is 10.9. The first kappa shape index (κ1) is 10.9. The number of hydrogen-bond donors (Lipinski definition) is 2. The van der Waals surface area contributed by atoms with Crippen molar-refractivity contribution in [2.24, 2.45) is 0 Å². The van der Waals surface area contributed by atoms with E-state index in [-0.39, 0.29) is 6.03 Å². The molecule has 1 aromatic carbocycles. The molecule has 3 heterocycles. The number of rotatable bonds is 1. The quantitative estimate of drug-likeness (QED) is 0.831. The highest BCUT2D eigenvalue weighted by Gasteiger charge is 2.25. The molecule has 0 saturated carbocycles. The van der Waals surface area contributed by atoms with Gasteiger partial charge in [-0.1, -0.05) is 11.3 Å². The largest absolute Gasteiger partial charge is 0.490 e. The predicted molar refractivity (Wildman–Crippen MR) is 74.3 cm³/mol. The molecule has 0 aliphatic carbocycles. The van der Waals surface area contributed by atoms with Crippen LogP contribution in [0.2, 0.25) is 0 Å². The minimum absolute atomic E-state index is 0.0721. The molecule has 0 unspecified atom stereocenters. The Kier molecular flexibility index (Phi) is 2.28. The fourth-order valence-electron chi connectivity index (χ4n) is 2.36. The molecule has 2 aromatic rings. The van der Waals surface area contributed by atoms with Crippen LogP contribution in [0.15, 0.2) is 12.1 Å². The van der Waals surface area contributed by atoms with E-state index in [4.69, 9.17) is 4.74 Å². The number of amides is 2. The number of carbonyl (C=O) groups excluding carboxylic acids is 1. The molecule has 1 fully saturated rings. The second-order valence-electron chi connectivity index (χ2n) is 4.44. The molecule has 98 valence electrons. The van der Waals surface area contributed by atoms with Crippen molar-refractivity contribution < 1.29 is 9.53 Å². The lowest BCUT2D eigenvalue weighted by Gasteiger charge is -2.18. The van der Waals surface area contributed by atoms with E-state index in [0.29, 0.717) is 19.7 Å². The van der Waals surface area contributed by atoms with Crippen LogP contribution < -0.4 is 20.3 Å². The molecule has 4 rings (SSSR count). The lowest BCUT2D eigenvalue weighted by Crippen LogP contribution is -2.27.